The molecule has 236 valence electrons. The van der Waals surface area contributed by atoms with Crippen molar-refractivity contribution in [1.82, 2.24) is 25.5 Å². The second-order valence-electron chi connectivity index (χ2n) is 13.1. The Balaban J connectivity index is 1.54. The first-order valence-electron chi connectivity index (χ1n) is 15.1. The van der Waals surface area contributed by atoms with Gasteiger partial charge in [0.2, 0.25) is 11.8 Å². The Labute approximate surface area is 259 Å². The van der Waals surface area contributed by atoms with E-state index in [0.717, 1.165) is 17.0 Å². The molecule has 11 heteroatoms. The van der Waals surface area contributed by atoms with Gasteiger partial charge >= 0.3 is 6.09 Å². The van der Waals surface area contributed by atoms with Gasteiger partial charge in [0.15, 0.2) is 0 Å². The van der Waals surface area contributed by atoms with Gasteiger partial charge in [-0.1, -0.05) is 36.4 Å². The van der Waals surface area contributed by atoms with Crippen LogP contribution in [0.2, 0.25) is 0 Å². The number of hydrazone groups is 1. The number of piperidine rings is 1. The van der Waals surface area contributed by atoms with Crippen molar-refractivity contribution in [2.24, 2.45) is 10.5 Å². The molecule has 2 N–H and O–H groups in total. The monoisotopic (exact) mass is 604 g/mol. The minimum Gasteiger partial charge on any atom is -0.444 e. The minimum atomic E-state index is -1.36. The third-order valence-corrected chi connectivity index (χ3v) is 7.90. The highest BCUT2D eigenvalue weighted by atomic mass is 16.6. The number of benzene rings is 1. The number of aryl methyl sites for hydroxylation is 1. The van der Waals surface area contributed by atoms with Crippen molar-refractivity contribution in [3.63, 3.8) is 0 Å². The number of fused-ring (bicyclic) bond motifs is 1. The SMILES string of the molecule is CN1N=C2CCN(C(=O)[C@@H](CCCc3ccccn3)NC(=O)C(C)(C)NC(=O)OC(C)(C)C)C[C@@]2(Cc2ccccc2)C1=O. The van der Waals surface area contributed by atoms with Crippen molar-refractivity contribution in [2.75, 3.05) is 20.1 Å². The fourth-order valence-corrected chi connectivity index (χ4v) is 5.68. The molecule has 0 saturated carbocycles. The molecule has 0 bridgehead atoms. The highest BCUT2D eigenvalue weighted by Gasteiger charge is 2.54. The Kier molecular flexibility index (Phi) is 9.75. The summed E-state index contributed by atoms with van der Waals surface area (Å²) < 4.78 is 5.34. The second kappa shape index (κ2) is 13.2. The number of hydrogen-bond donors (Lipinski definition) is 2. The van der Waals surface area contributed by atoms with Gasteiger partial charge in [-0.15, -0.1) is 0 Å². The maximum Gasteiger partial charge on any atom is 0.408 e. The van der Waals surface area contributed by atoms with Gasteiger partial charge in [-0.05, 0) is 78.0 Å². The van der Waals surface area contributed by atoms with E-state index < -0.39 is 34.6 Å². The summed E-state index contributed by atoms with van der Waals surface area (Å²) in [6, 6.07) is 14.5. The number of pyridine rings is 1. The first kappa shape index (κ1) is 32.6. The van der Waals surface area contributed by atoms with Gasteiger partial charge in [0.25, 0.3) is 5.91 Å². The summed E-state index contributed by atoms with van der Waals surface area (Å²) in [5, 5.41) is 11.5. The van der Waals surface area contributed by atoms with Gasteiger partial charge in [0.05, 0.1) is 5.71 Å². The van der Waals surface area contributed by atoms with Crippen LogP contribution in [0.3, 0.4) is 0 Å². The molecule has 11 nitrogen and oxygen atoms in total. The van der Waals surface area contributed by atoms with E-state index in [-0.39, 0.29) is 18.4 Å². The summed E-state index contributed by atoms with van der Waals surface area (Å²) in [6.07, 6.45) is 3.42. The van der Waals surface area contributed by atoms with Crippen LogP contribution in [0.5, 0.6) is 0 Å². The predicted molar refractivity (Wildman–Crippen MR) is 167 cm³/mol. The van der Waals surface area contributed by atoms with Gasteiger partial charge in [-0.3, -0.25) is 19.4 Å². The first-order valence-corrected chi connectivity index (χ1v) is 15.1. The van der Waals surface area contributed by atoms with E-state index in [9.17, 15) is 19.2 Å². The molecule has 2 atom stereocenters. The molecule has 4 rings (SSSR count). The minimum absolute atomic E-state index is 0.146. The maximum atomic E-state index is 14.2. The third-order valence-electron chi connectivity index (χ3n) is 7.90. The van der Waals surface area contributed by atoms with Crippen molar-refractivity contribution in [3.8, 4) is 0 Å². The smallest absolute Gasteiger partial charge is 0.408 e. The lowest BCUT2D eigenvalue weighted by molar-refractivity contribution is -0.142. The van der Waals surface area contributed by atoms with Crippen molar-refractivity contribution < 1.29 is 23.9 Å². The molecule has 3 heterocycles. The van der Waals surface area contributed by atoms with Crippen LogP contribution in [-0.2, 0) is 32.0 Å². The van der Waals surface area contributed by atoms with Gasteiger partial charge in [0, 0.05) is 38.4 Å². The molecule has 1 saturated heterocycles. The molecule has 0 spiro atoms. The number of nitrogens with zero attached hydrogens (tertiary/aromatic N) is 4. The molecule has 0 radical (unpaired) electrons. The van der Waals surface area contributed by atoms with Gasteiger partial charge < -0.3 is 20.3 Å². The summed E-state index contributed by atoms with van der Waals surface area (Å²) >= 11 is 0. The molecule has 4 amide bonds. The van der Waals surface area contributed by atoms with E-state index >= 15 is 0 Å². The van der Waals surface area contributed by atoms with Gasteiger partial charge in [-0.2, -0.15) is 5.10 Å². The topological polar surface area (TPSA) is 133 Å². The first-order chi connectivity index (χ1) is 20.7. The Morgan fingerprint density at radius 2 is 1.75 bits per heavy atom. The number of carbonyl (C=O) groups is 4. The number of alkyl carbamates (subject to hydrolysis) is 1. The van der Waals surface area contributed by atoms with Crippen LogP contribution in [-0.4, -0.2) is 81.7 Å². The van der Waals surface area contributed by atoms with Crippen molar-refractivity contribution >= 4 is 29.5 Å². The van der Waals surface area contributed by atoms with E-state index in [1.807, 2.05) is 48.5 Å². The molecule has 1 fully saturated rings. The second-order valence-corrected chi connectivity index (χ2v) is 13.1. The number of aromatic nitrogens is 1. The Morgan fingerprint density at radius 1 is 1.05 bits per heavy atom. The maximum absolute atomic E-state index is 14.2. The molecule has 2 aliphatic rings. The highest BCUT2D eigenvalue weighted by Crippen LogP contribution is 2.38. The zero-order valence-electron chi connectivity index (χ0n) is 26.6. The summed E-state index contributed by atoms with van der Waals surface area (Å²) in [5.74, 6) is -0.942. The molecular formula is C33H44N6O5. The lowest BCUT2D eigenvalue weighted by atomic mass is 9.73. The zero-order chi connectivity index (χ0) is 32.1. The molecule has 1 aromatic carbocycles. The number of carbonyl (C=O) groups excluding carboxylic acids is 4. The van der Waals surface area contributed by atoms with Crippen LogP contribution in [0.25, 0.3) is 0 Å². The van der Waals surface area contributed by atoms with Crippen molar-refractivity contribution in [1.29, 1.82) is 0 Å². The van der Waals surface area contributed by atoms with Crippen LogP contribution in [0.15, 0.2) is 59.8 Å². The summed E-state index contributed by atoms with van der Waals surface area (Å²) in [4.78, 5) is 59.9. The van der Waals surface area contributed by atoms with E-state index in [1.54, 1.807) is 52.8 Å². The van der Waals surface area contributed by atoms with Crippen molar-refractivity contribution in [3.05, 3.63) is 66.0 Å². The standard InChI is InChI=1S/C33H44N6O5/c1-31(2,3)44-30(43)36-32(4,5)28(41)35-25(17-12-16-24-15-10-11-19-34-24)27(40)39-20-18-26-33(22-39,29(42)38(6)37-26)21-23-13-8-7-9-14-23/h7-11,13-15,19,25H,12,16-18,20-22H2,1-6H3,(H,35,41)(H,36,43)/t25-,33-/m1/s1. The predicted octanol–water partition coefficient (Wildman–Crippen LogP) is 3.48. The number of hydrogen-bond acceptors (Lipinski definition) is 7. The van der Waals surface area contributed by atoms with E-state index in [1.165, 1.54) is 5.01 Å². The average Bonchev–Trinajstić information content (AvgIpc) is 3.20. The molecule has 2 aliphatic heterocycles. The van der Waals surface area contributed by atoms with Crippen LogP contribution in [0.1, 0.15) is 65.1 Å². The highest BCUT2D eigenvalue weighted by molar-refractivity contribution is 6.13. The molecule has 1 aromatic heterocycles. The van der Waals surface area contributed by atoms with E-state index in [0.29, 0.717) is 38.6 Å². The number of amides is 4. The van der Waals surface area contributed by atoms with Gasteiger partial charge in [0.1, 0.15) is 22.6 Å². The van der Waals surface area contributed by atoms with E-state index in [4.69, 9.17) is 4.74 Å². The normalized spacial score (nSPS) is 19.1. The molecule has 44 heavy (non-hydrogen) atoms. The Bertz CT molecular complexity index is 1390. The average molecular weight is 605 g/mol. The largest absolute Gasteiger partial charge is 0.444 e. The molecule has 0 aliphatic carbocycles. The van der Waals surface area contributed by atoms with Crippen LogP contribution in [0, 0.1) is 5.41 Å². The number of likely N-dealkylation sites (tertiary alicyclic amines) is 1. The van der Waals surface area contributed by atoms with Crippen molar-refractivity contribution in [2.45, 2.75) is 83.9 Å². The van der Waals surface area contributed by atoms with Crippen LogP contribution >= 0.6 is 0 Å². The third kappa shape index (κ3) is 7.81. The summed E-state index contributed by atoms with van der Waals surface area (Å²) in [7, 11) is 1.65. The molecule has 2 aromatic rings. The zero-order valence-corrected chi connectivity index (χ0v) is 26.6. The van der Waals surface area contributed by atoms with Gasteiger partial charge in [-0.25, -0.2) is 9.80 Å². The van der Waals surface area contributed by atoms with Crippen LogP contribution in [0.4, 0.5) is 4.79 Å². The lowest BCUT2D eigenvalue weighted by Gasteiger charge is -2.41. The lowest BCUT2D eigenvalue weighted by Crippen LogP contribution is -2.62. The Morgan fingerprint density at radius 3 is 2.41 bits per heavy atom. The quantitative estimate of drug-likeness (QED) is 0.427. The fourth-order valence-electron chi connectivity index (χ4n) is 5.68. The summed E-state index contributed by atoms with van der Waals surface area (Å²) in [6.45, 7) is 8.88. The summed E-state index contributed by atoms with van der Waals surface area (Å²) in [5.41, 5.74) is -0.424. The number of nitrogens with one attached hydrogen (secondary N) is 2. The fraction of sp³-hybridized carbons (Fsp3) is 0.515. The number of rotatable bonds is 10. The number of ether oxygens (including phenoxy) is 1. The molecular weight excluding hydrogens is 560 g/mol. The Hall–Kier alpha value is -4.28. The van der Waals surface area contributed by atoms with E-state index in [2.05, 4.69) is 20.7 Å². The van der Waals surface area contributed by atoms with Crippen LogP contribution < -0.4 is 10.6 Å². The molecule has 0 unspecified atom stereocenters.